The summed E-state index contributed by atoms with van der Waals surface area (Å²) in [4.78, 5) is 11.8. The molecule has 0 fully saturated rings. The molecule has 0 aliphatic rings. The van der Waals surface area contributed by atoms with E-state index in [1.165, 1.54) is 6.08 Å². The molecule has 0 aliphatic heterocycles. The van der Waals surface area contributed by atoms with Crippen molar-refractivity contribution in [1.29, 1.82) is 5.26 Å². The topological polar surface area (TPSA) is 88.1 Å². The van der Waals surface area contributed by atoms with Crippen LogP contribution in [0, 0.1) is 11.3 Å². The first-order valence-electron chi connectivity index (χ1n) is 6.55. The van der Waals surface area contributed by atoms with Crippen molar-refractivity contribution in [3.8, 4) is 11.8 Å². The first-order chi connectivity index (χ1) is 10.6. The number of ether oxygens (including phenoxy) is 1. The molecule has 2 rings (SSSR count). The Hall–Kier alpha value is -3.26. The normalized spacial score (nSPS) is 10.2. The fraction of sp³-hybridized carbons (Fsp3) is 0.0588. The van der Waals surface area contributed by atoms with Crippen molar-refractivity contribution in [2.45, 2.75) is 0 Å². The van der Waals surface area contributed by atoms with Crippen molar-refractivity contribution < 1.29 is 9.53 Å². The van der Waals surface area contributed by atoms with E-state index in [-0.39, 0.29) is 5.91 Å². The lowest BCUT2D eigenvalue weighted by Gasteiger charge is -2.04. The Morgan fingerprint density at radius 1 is 1.27 bits per heavy atom. The van der Waals surface area contributed by atoms with Crippen LogP contribution >= 0.6 is 0 Å². The van der Waals surface area contributed by atoms with Crippen LogP contribution in [-0.2, 0) is 4.79 Å². The maximum absolute atomic E-state index is 11.8. The van der Waals surface area contributed by atoms with Crippen LogP contribution in [-0.4, -0.2) is 13.0 Å². The molecule has 0 saturated carbocycles. The van der Waals surface area contributed by atoms with Crippen molar-refractivity contribution in [3.63, 3.8) is 0 Å². The molecule has 0 radical (unpaired) electrons. The molecular formula is C17H15N3O2. The number of carbonyl (C=O) groups excluding carboxylic acids is 1. The monoisotopic (exact) mass is 293 g/mol. The molecule has 1 amide bonds. The zero-order valence-electron chi connectivity index (χ0n) is 12.0. The number of hydrogen-bond acceptors (Lipinski definition) is 4. The van der Waals surface area contributed by atoms with Crippen molar-refractivity contribution in [3.05, 3.63) is 59.7 Å². The molecule has 0 atom stereocenters. The average molecular weight is 293 g/mol. The van der Waals surface area contributed by atoms with E-state index in [1.54, 1.807) is 55.7 Å². The van der Waals surface area contributed by atoms with Crippen LogP contribution in [0.3, 0.4) is 0 Å². The van der Waals surface area contributed by atoms with E-state index in [2.05, 4.69) is 5.32 Å². The fourth-order valence-electron chi connectivity index (χ4n) is 1.84. The van der Waals surface area contributed by atoms with Gasteiger partial charge in [0, 0.05) is 11.8 Å². The van der Waals surface area contributed by atoms with Crippen molar-refractivity contribution in [1.82, 2.24) is 0 Å². The molecule has 3 N–H and O–H groups in total. The Morgan fingerprint density at radius 2 is 2.00 bits per heavy atom. The lowest BCUT2D eigenvalue weighted by molar-refractivity contribution is -0.111. The van der Waals surface area contributed by atoms with Crippen molar-refractivity contribution in [2.24, 2.45) is 0 Å². The number of nitrogens with one attached hydrogen (secondary N) is 1. The van der Waals surface area contributed by atoms with Gasteiger partial charge in [0.15, 0.2) is 0 Å². The molecule has 22 heavy (non-hydrogen) atoms. The lowest BCUT2D eigenvalue weighted by atomic mass is 10.1. The van der Waals surface area contributed by atoms with E-state index >= 15 is 0 Å². The highest BCUT2D eigenvalue weighted by molar-refractivity contribution is 6.02. The number of nitrogens with zero attached hydrogens (tertiary/aromatic N) is 1. The number of rotatable bonds is 4. The summed E-state index contributed by atoms with van der Waals surface area (Å²) in [6.07, 6.45) is 3.08. The second-order valence-electron chi connectivity index (χ2n) is 4.51. The molecule has 0 saturated heterocycles. The summed E-state index contributed by atoms with van der Waals surface area (Å²) in [6, 6.07) is 13.9. The third-order valence-electron chi connectivity index (χ3n) is 2.96. The molecule has 2 aromatic carbocycles. The zero-order valence-corrected chi connectivity index (χ0v) is 12.0. The quantitative estimate of drug-likeness (QED) is 0.670. The van der Waals surface area contributed by atoms with Gasteiger partial charge in [-0.1, -0.05) is 6.07 Å². The highest BCUT2D eigenvalue weighted by Crippen LogP contribution is 2.22. The Labute approximate surface area is 128 Å². The summed E-state index contributed by atoms with van der Waals surface area (Å²) < 4.78 is 5.07. The summed E-state index contributed by atoms with van der Waals surface area (Å²) in [7, 11) is 1.55. The average Bonchev–Trinajstić information content (AvgIpc) is 2.54. The largest absolute Gasteiger partial charge is 0.495 e. The van der Waals surface area contributed by atoms with Gasteiger partial charge in [-0.3, -0.25) is 4.79 Å². The first-order valence-corrected chi connectivity index (χ1v) is 6.55. The van der Waals surface area contributed by atoms with Crippen LogP contribution in [0.5, 0.6) is 5.75 Å². The maximum Gasteiger partial charge on any atom is 0.248 e. The fourth-order valence-corrected chi connectivity index (χ4v) is 1.84. The van der Waals surface area contributed by atoms with Gasteiger partial charge in [0.05, 0.1) is 24.4 Å². The van der Waals surface area contributed by atoms with Gasteiger partial charge in [-0.25, -0.2) is 0 Å². The van der Waals surface area contributed by atoms with Crippen LogP contribution in [0.1, 0.15) is 11.1 Å². The molecular weight excluding hydrogens is 278 g/mol. The molecule has 2 aromatic rings. The molecule has 0 aromatic heterocycles. The number of hydrogen-bond donors (Lipinski definition) is 2. The van der Waals surface area contributed by atoms with Crippen LogP contribution < -0.4 is 15.8 Å². The highest BCUT2D eigenvalue weighted by Gasteiger charge is 2.00. The summed E-state index contributed by atoms with van der Waals surface area (Å²) in [6.45, 7) is 0. The molecule has 0 unspecified atom stereocenters. The number of methoxy groups -OCH3 is 1. The van der Waals surface area contributed by atoms with Crippen molar-refractivity contribution in [2.75, 3.05) is 18.2 Å². The van der Waals surface area contributed by atoms with Gasteiger partial charge in [-0.2, -0.15) is 5.26 Å². The highest BCUT2D eigenvalue weighted by atomic mass is 16.5. The number of carbonyl (C=O) groups is 1. The predicted octanol–water partition coefficient (Wildman–Crippen LogP) is 2.80. The first kappa shape index (κ1) is 15.1. The van der Waals surface area contributed by atoms with Crippen LogP contribution in [0.4, 0.5) is 11.4 Å². The molecule has 5 heteroatoms. The standard InChI is InChI=1S/C17H15N3O2/c1-22-16-8-4-12(10-15(16)19)5-9-17(21)20-14-6-2-13(11-18)3-7-14/h2-10H,19H2,1H3,(H,20,21)/b9-5+. The molecule has 0 spiro atoms. The summed E-state index contributed by atoms with van der Waals surface area (Å²) in [5, 5.41) is 11.4. The van der Waals surface area contributed by atoms with Crippen LogP contribution in [0.25, 0.3) is 6.08 Å². The molecule has 0 heterocycles. The van der Waals surface area contributed by atoms with E-state index in [1.807, 2.05) is 6.07 Å². The minimum Gasteiger partial charge on any atom is -0.495 e. The summed E-state index contributed by atoms with van der Waals surface area (Å²) in [5.74, 6) is 0.332. The summed E-state index contributed by atoms with van der Waals surface area (Å²) >= 11 is 0. The number of anilines is 2. The number of nitrogens with two attached hydrogens (primary N) is 1. The Morgan fingerprint density at radius 3 is 2.59 bits per heavy atom. The molecule has 5 nitrogen and oxygen atoms in total. The number of nitrogen functional groups attached to an aromatic ring is 1. The Balaban J connectivity index is 2.01. The van der Waals surface area contributed by atoms with Gasteiger partial charge in [0.1, 0.15) is 5.75 Å². The Kier molecular flexibility index (Phi) is 4.78. The number of benzene rings is 2. The third-order valence-corrected chi connectivity index (χ3v) is 2.96. The van der Waals surface area contributed by atoms with E-state index in [0.29, 0.717) is 22.7 Å². The molecule has 110 valence electrons. The second kappa shape index (κ2) is 6.95. The van der Waals surface area contributed by atoms with Gasteiger partial charge in [0.25, 0.3) is 0 Å². The minimum atomic E-state index is -0.265. The third kappa shape index (κ3) is 3.87. The van der Waals surface area contributed by atoms with Gasteiger partial charge in [-0.15, -0.1) is 0 Å². The summed E-state index contributed by atoms with van der Waals surface area (Å²) in [5.41, 5.74) is 8.29. The van der Waals surface area contributed by atoms with Gasteiger partial charge in [0.2, 0.25) is 5.91 Å². The molecule has 0 aliphatic carbocycles. The Bertz CT molecular complexity index is 743. The maximum atomic E-state index is 11.8. The van der Waals surface area contributed by atoms with E-state index in [9.17, 15) is 4.79 Å². The minimum absolute atomic E-state index is 0.265. The SMILES string of the molecule is COc1ccc(/C=C/C(=O)Nc2ccc(C#N)cc2)cc1N. The van der Waals surface area contributed by atoms with E-state index in [0.717, 1.165) is 5.56 Å². The van der Waals surface area contributed by atoms with E-state index < -0.39 is 0 Å². The number of nitriles is 1. The van der Waals surface area contributed by atoms with Gasteiger partial charge in [-0.05, 0) is 48.0 Å². The lowest BCUT2D eigenvalue weighted by Crippen LogP contribution is -2.07. The zero-order chi connectivity index (χ0) is 15.9. The van der Waals surface area contributed by atoms with Gasteiger partial charge < -0.3 is 15.8 Å². The predicted molar refractivity (Wildman–Crippen MR) is 86.2 cm³/mol. The van der Waals surface area contributed by atoms with Crippen molar-refractivity contribution >= 4 is 23.4 Å². The number of amides is 1. The van der Waals surface area contributed by atoms with Crippen LogP contribution in [0.2, 0.25) is 0 Å². The van der Waals surface area contributed by atoms with Crippen LogP contribution in [0.15, 0.2) is 48.5 Å². The van der Waals surface area contributed by atoms with E-state index in [4.69, 9.17) is 15.7 Å². The van der Waals surface area contributed by atoms with Gasteiger partial charge >= 0.3 is 0 Å². The smallest absolute Gasteiger partial charge is 0.248 e. The molecule has 0 bridgehead atoms. The second-order valence-corrected chi connectivity index (χ2v) is 4.51.